The Balaban J connectivity index is 1.45. The quantitative estimate of drug-likeness (QED) is 0.655. The summed E-state index contributed by atoms with van der Waals surface area (Å²) in [7, 11) is 0. The molecule has 2 N–H and O–H groups in total. The number of nitrogens with one attached hydrogen (secondary N) is 2. The van der Waals surface area contributed by atoms with Gasteiger partial charge in [-0.2, -0.15) is 0 Å². The maximum atomic E-state index is 12.3. The summed E-state index contributed by atoms with van der Waals surface area (Å²) in [6.45, 7) is 5.27. The zero-order valence-electron chi connectivity index (χ0n) is 18.4. The van der Waals surface area contributed by atoms with Gasteiger partial charge in [-0.3, -0.25) is 9.59 Å². The van der Waals surface area contributed by atoms with E-state index in [2.05, 4.69) is 10.6 Å². The number of hydrogen-bond donors (Lipinski definition) is 2. The van der Waals surface area contributed by atoms with Crippen LogP contribution in [-0.2, 0) is 27.2 Å². The molecular weight excluding hydrogens is 412 g/mol. The average molecular weight is 443 g/mol. The van der Waals surface area contributed by atoms with Crippen LogP contribution >= 0.6 is 11.3 Å². The first kappa shape index (κ1) is 23.0. The molecule has 7 heteroatoms. The summed E-state index contributed by atoms with van der Waals surface area (Å²) >= 11 is 1.47. The van der Waals surface area contributed by atoms with Gasteiger partial charge in [-0.05, 0) is 69.2 Å². The van der Waals surface area contributed by atoms with Crippen molar-refractivity contribution in [3.05, 3.63) is 50.2 Å². The number of fused-ring (bicyclic) bond motifs is 1. The SMILES string of the molecule is Cc1cc(C)c(NC(=O)CNC(=O)COC(=O)c2cc3c(s2)CCCCCC3)c(C)c1. The summed E-state index contributed by atoms with van der Waals surface area (Å²) in [6.07, 6.45) is 6.75. The second kappa shape index (κ2) is 10.6. The van der Waals surface area contributed by atoms with Gasteiger partial charge < -0.3 is 15.4 Å². The number of esters is 1. The Kier molecular flexibility index (Phi) is 7.85. The molecule has 0 atom stereocenters. The van der Waals surface area contributed by atoms with Gasteiger partial charge in [0, 0.05) is 10.6 Å². The minimum Gasteiger partial charge on any atom is -0.451 e. The van der Waals surface area contributed by atoms with E-state index in [1.807, 2.05) is 39.0 Å². The van der Waals surface area contributed by atoms with Gasteiger partial charge in [0.15, 0.2) is 6.61 Å². The first-order valence-electron chi connectivity index (χ1n) is 10.8. The number of benzene rings is 1. The lowest BCUT2D eigenvalue weighted by molar-refractivity contribution is -0.126. The molecule has 0 saturated heterocycles. The van der Waals surface area contributed by atoms with Crippen LogP contribution in [0.2, 0.25) is 0 Å². The van der Waals surface area contributed by atoms with Crippen LogP contribution in [0.15, 0.2) is 18.2 Å². The highest BCUT2D eigenvalue weighted by Gasteiger charge is 2.18. The molecule has 0 saturated carbocycles. The van der Waals surface area contributed by atoms with Gasteiger partial charge in [-0.15, -0.1) is 11.3 Å². The number of carbonyl (C=O) groups excluding carboxylic acids is 3. The molecule has 2 amide bonds. The summed E-state index contributed by atoms with van der Waals surface area (Å²) in [5, 5.41) is 5.33. The molecule has 1 aliphatic carbocycles. The van der Waals surface area contributed by atoms with Crippen LogP contribution in [0, 0.1) is 20.8 Å². The molecule has 6 nitrogen and oxygen atoms in total. The first-order valence-corrected chi connectivity index (χ1v) is 11.6. The van der Waals surface area contributed by atoms with Crippen molar-refractivity contribution < 1.29 is 19.1 Å². The molecule has 1 aromatic heterocycles. The van der Waals surface area contributed by atoms with Crippen LogP contribution in [-0.4, -0.2) is 30.9 Å². The topological polar surface area (TPSA) is 84.5 Å². The number of thiophene rings is 1. The third-order valence-corrected chi connectivity index (χ3v) is 6.64. The molecule has 1 aromatic carbocycles. The number of anilines is 1. The lowest BCUT2D eigenvalue weighted by atomic mass is 10.00. The molecule has 0 unspecified atom stereocenters. The summed E-state index contributed by atoms with van der Waals surface area (Å²) < 4.78 is 5.16. The van der Waals surface area contributed by atoms with E-state index in [1.165, 1.54) is 34.6 Å². The Morgan fingerprint density at radius 1 is 0.935 bits per heavy atom. The van der Waals surface area contributed by atoms with Crippen LogP contribution in [0.1, 0.15) is 62.5 Å². The van der Waals surface area contributed by atoms with E-state index < -0.39 is 18.5 Å². The zero-order valence-corrected chi connectivity index (χ0v) is 19.2. The highest BCUT2D eigenvalue weighted by Crippen LogP contribution is 2.29. The van der Waals surface area contributed by atoms with Crippen LogP contribution in [0.25, 0.3) is 0 Å². The van der Waals surface area contributed by atoms with E-state index in [4.69, 9.17) is 4.74 Å². The third-order valence-electron chi connectivity index (χ3n) is 5.42. The molecular formula is C24H30N2O4S. The summed E-state index contributed by atoms with van der Waals surface area (Å²) in [6, 6.07) is 5.89. The number of amides is 2. The predicted molar refractivity (Wildman–Crippen MR) is 123 cm³/mol. The average Bonchev–Trinajstić information content (AvgIpc) is 3.09. The van der Waals surface area contributed by atoms with Crippen LogP contribution in [0.4, 0.5) is 5.69 Å². The van der Waals surface area contributed by atoms with Crippen molar-refractivity contribution >= 4 is 34.8 Å². The Labute approximate surface area is 187 Å². The van der Waals surface area contributed by atoms with E-state index in [1.54, 1.807) is 0 Å². The monoisotopic (exact) mass is 442 g/mol. The lowest BCUT2D eigenvalue weighted by Gasteiger charge is -2.13. The first-order chi connectivity index (χ1) is 14.8. The Hall–Kier alpha value is -2.67. The maximum absolute atomic E-state index is 12.3. The minimum atomic E-state index is -0.504. The molecule has 2 aromatic rings. The Morgan fingerprint density at radius 2 is 1.61 bits per heavy atom. The second-order valence-electron chi connectivity index (χ2n) is 8.15. The normalized spacial score (nSPS) is 13.5. The highest BCUT2D eigenvalue weighted by atomic mass is 32.1. The van der Waals surface area contributed by atoms with E-state index in [-0.39, 0.29) is 12.5 Å². The van der Waals surface area contributed by atoms with Crippen molar-refractivity contribution in [2.24, 2.45) is 0 Å². The third kappa shape index (κ3) is 6.40. The van der Waals surface area contributed by atoms with Crippen molar-refractivity contribution in [1.82, 2.24) is 5.32 Å². The fourth-order valence-corrected chi connectivity index (χ4v) is 5.09. The van der Waals surface area contributed by atoms with Gasteiger partial charge in [0.05, 0.1) is 6.54 Å². The molecule has 3 rings (SSSR count). The molecule has 0 fully saturated rings. The van der Waals surface area contributed by atoms with Gasteiger partial charge in [0.2, 0.25) is 5.91 Å². The summed E-state index contributed by atoms with van der Waals surface area (Å²) in [5.74, 6) is -1.31. The van der Waals surface area contributed by atoms with Crippen LogP contribution in [0.3, 0.4) is 0 Å². The predicted octanol–water partition coefficient (Wildman–Crippen LogP) is 4.24. The largest absolute Gasteiger partial charge is 0.451 e. The summed E-state index contributed by atoms with van der Waals surface area (Å²) in [4.78, 5) is 38.4. The Bertz CT molecular complexity index is 931. The van der Waals surface area contributed by atoms with Crippen molar-refractivity contribution in [2.75, 3.05) is 18.5 Å². The van der Waals surface area contributed by atoms with Crippen molar-refractivity contribution in [2.45, 2.75) is 59.3 Å². The van der Waals surface area contributed by atoms with Crippen molar-refractivity contribution in [1.29, 1.82) is 0 Å². The lowest BCUT2D eigenvalue weighted by Crippen LogP contribution is -2.35. The van der Waals surface area contributed by atoms with E-state index in [9.17, 15) is 14.4 Å². The number of aryl methyl sites for hydroxylation is 5. The molecule has 1 heterocycles. The standard InChI is InChI=1S/C24H30N2O4S/c1-15-10-16(2)23(17(3)11-15)26-21(27)13-25-22(28)14-30-24(29)20-12-18-8-6-4-5-7-9-19(18)31-20/h10-12H,4-9,13-14H2,1-3H3,(H,25,28)(H,26,27). The second-order valence-corrected chi connectivity index (χ2v) is 9.28. The minimum absolute atomic E-state index is 0.184. The fraction of sp³-hybridized carbons (Fsp3) is 0.458. The smallest absolute Gasteiger partial charge is 0.348 e. The van der Waals surface area contributed by atoms with Gasteiger partial charge in [-0.25, -0.2) is 4.79 Å². The molecule has 31 heavy (non-hydrogen) atoms. The van der Waals surface area contributed by atoms with E-state index in [0.717, 1.165) is 48.1 Å². The van der Waals surface area contributed by atoms with Gasteiger partial charge in [0.25, 0.3) is 5.91 Å². The van der Waals surface area contributed by atoms with E-state index in [0.29, 0.717) is 4.88 Å². The number of ether oxygens (including phenoxy) is 1. The van der Waals surface area contributed by atoms with Crippen LogP contribution < -0.4 is 10.6 Å². The van der Waals surface area contributed by atoms with Gasteiger partial charge >= 0.3 is 5.97 Å². The molecule has 0 bridgehead atoms. The molecule has 0 spiro atoms. The highest BCUT2D eigenvalue weighted by molar-refractivity contribution is 7.14. The molecule has 166 valence electrons. The zero-order chi connectivity index (χ0) is 22.4. The van der Waals surface area contributed by atoms with Gasteiger partial charge in [-0.1, -0.05) is 30.5 Å². The van der Waals surface area contributed by atoms with Crippen LogP contribution in [0.5, 0.6) is 0 Å². The molecule has 1 aliphatic rings. The number of hydrogen-bond acceptors (Lipinski definition) is 5. The molecule has 0 radical (unpaired) electrons. The number of carbonyl (C=O) groups is 3. The molecule has 0 aliphatic heterocycles. The van der Waals surface area contributed by atoms with Crippen molar-refractivity contribution in [3.63, 3.8) is 0 Å². The Morgan fingerprint density at radius 3 is 2.32 bits per heavy atom. The number of rotatable bonds is 6. The fourth-order valence-electron chi connectivity index (χ4n) is 3.94. The van der Waals surface area contributed by atoms with Crippen molar-refractivity contribution in [3.8, 4) is 0 Å². The van der Waals surface area contributed by atoms with E-state index >= 15 is 0 Å². The van der Waals surface area contributed by atoms with Gasteiger partial charge in [0.1, 0.15) is 4.88 Å². The maximum Gasteiger partial charge on any atom is 0.348 e. The summed E-state index contributed by atoms with van der Waals surface area (Å²) in [5.41, 5.74) is 5.05.